The average molecular weight is 461 g/mol. The number of carbonyl (C=O) groups excluding carboxylic acids is 1. The molecule has 1 aromatic carbocycles. The van der Waals surface area contributed by atoms with Crippen molar-refractivity contribution < 1.29 is 14.6 Å². The van der Waals surface area contributed by atoms with Crippen molar-refractivity contribution in [1.82, 2.24) is 0 Å². The molecule has 0 aromatic heterocycles. The third-order valence-electron chi connectivity index (χ3n) is 6.47. The lowest BCUT2D eigenvalue weighted by Crippen LogP contribution is -2.07. The molecule has 0 spiro atoms. The Kier molecular flexibility index (Phi) is 20.2. The van der Waals surface area contributed by atoms with E-state index in [1.165, 1.54) is 115 Å². The normalized spacial score (nSPS) is 11.1. The Morgan fingerprint density at radius 2 is 1.00 bits per heavy atom. The number of rotatable bonds is 23. The van der Waals surface area contributed by atoms with Crippen molar-refractivity contribution in [3.05, 3.63) is 35.4 Å². The maximum absolute atomic E-state index is 12.0. The second-order valence-electron chi connectivity index (χ2n) is 9.65. The van der Waals surface area contributed by atoms with Crippen molar-refractivity contribution in [3.8, 4) is 0 Å². The van der Waals surface area contributed by atoms with Gasteiger partial charge in [0, 0.05) is 0 Å². The van der Waals surface area contributed by atoms with Gasteiger partial charge in [-0.1, -0.05) is 135 Å². The van der Waals surface area contributed by atoms with Crippen LogP contribution in [-0.2, 0) is 16.2 Å². The van der Waals surface area contributed by atoms with Gasteiger partial charge in [0.25, 0.3) is 0 Å². The zero-order chi connectivity index (χ0) is 23.8. The summed E-state index contributed by atoms with van der Waals surface area (Å²) in [6.07, 6.45) is 26.3. The largest absolute Gasteiger partial charge is 0.373 e. The average Bonchev–Trinajstić information content (AvgIpc) is 2.83. The summed E-state index contributed by atoms with van der Waals surface area (Å²) >= 11 is 0. The van der Waals surface area contributed by atoms with E-state index in [0.29, 0.717) is 12.2 Å². The molecule has 0 unspecified atom stereocenters. The van der Waals surface area contributed by atoms with Gasteiger partial charge in [0.15, 0.2) is 0 Å². The lowest BCUT2D eigenvalue weighted by molar-refractivity contribution is -0.241. The molecule has 0 atom stereocenters. The standard InChI is InChI=1S/C30H52O3/c1-3-5-7-8-9-10-11-12-13-14-15-16-17-18-19-21-27-32-33-30(31)29-25-23-28(24-26-29)22-20-6-4-2/h23-26H,3-22,27H2,1-2H3. The van der Waals surface area contributed by atoms with Crippen LogP contribution in [0.5, 0.6) is 0 Å². The molecule has 3 heteroatoms. The molecule has 0 bridgehead atoms. The number of hydrogen-bond acceptors (Lipinski definition) is 3. The second-order valence-corrected chi connectivity index (χ2v) is 9.65. The fourth-order valence-corrected chi connectivity index (χ4v) is 4.24. The molecule has 190 valence electrons. The fraction of sp³-hybridized carbons (Fsp3) is 0.767. The summed E-state index contributed by atoms with van der Waals surface area (Å²) in [7, 11) is 0. The molecule has 1 rings (SSSR count). The topological polar surface area (TPSA) is 35.5 Å². The number of benzene rings is 1. The molecule has 0 radical (unpaired) electrons. The highest BCUT2D eigenvalue weighted by Crippen LogP contribution is 2.14. The molecule has 0 amide bonds. The van der Waals surface area contributed by atoms with E-state index in [9.17, 15) is 4.79 Å². The van der Waals surface area contributed by atoms with Crippen LogP contribution in [-0.4, -0.2) is 12.6 Å². The molecule has 33 heavy (non-hydrogen) atoms. The van der Waals surface area contributed by atoms with Gasteiger partial charge in [-0.2, -0.15) is 4.89 Å². The zero-order valence-corrected chi connectivity index (χ0v) is 21.9. The van der Waals surface area contributed by atoms with Crippen molar-refractivity contribution in [2.24, 2.45) is 0 Å². The molecular formula is C30H52O3. The molecule has 0 N–H and O–H groups in total. The highest BCUT2D eigenvalue weighted by molar-refractivity contribution is 5.88. The number of hydrogen-bond donors (Lipinski definition) is 0. The minimum atomic E-state index is -0.397. The third-order valence-corrected chi connectivity index (χ3v) is 6.47. The van der Waals surface area contributed by atoms with Gasteiger partial charge < -0.3 is 0 Å². The minimum absolute atomic E-state index is 0.397. The van der Waals surface area contributed by atoms with Crippen molar-refractivity contribution in [2.75, 3.05) is 6.61 Å². The van der Waals surface area contributed by atoms with Crippen molar-refractivity contribution in [2.45, 2.75) is 142 Å². The molecule has 0 saturated carbocycles. The summed E-state index contributed by atoms with van der Waals surface area (Å²) in [5, 5.41) is 0. The number of unbranched alkanes of at least 4 members (excludes halogenated alkanes) is 17. The van der Waals surface area contributed by atoms with E-state index >= 15 is 0 Å². The van der Waals surface area contributed by atoms with Crippen LogP contribution in [0.25, 0.3) is 0 Å². The second kappa shape index (κ2) is 22.4. The van der Waals surface area contributed by atoms with Crippen LogP contribution >= 0.6 is 0 Å². The van der Waals surface area contributed by atoms with Crippen LogP contribution in [0.15, 0.2) is 24.3 Å². The first-order valence-corrected chi connectivity index (χ1v) is 14.2. The fourth-order valence-electron chi connectivity index (χ4n) is 4.24. The minimum Gasteiger partial charge on any atom is -0.293 e. The predicted octanol–water partition coefficient (Wildman–Crippen LogP) is 9.77. The summed E-state index contributed by atoms with van der Waals surface area (Å²) < 4.78 is 0. The molecule has 0 heterocycles. The van der Waals surface area contributed by atoms with Gasteiger partial charge in [-0.3, -0.25) is 4.89 Å². The highest BCUT2D eigenvalue weighted by Gasteiger charge is 2.08. The van der Waals surface area contributed by atoms with Crippen LogP contribution < -0.4 is 0 Å². The van der Waals surface area contributed by atoms with Crippen LogP contribution in [0, 0.1) is 0 Å². The Labute approximate surface area is 205 Å². The molecular weight excluding hydrogens is 408 g/mol. The monoisotopic (exact) mass is 460 g/mol. The van der Waals surface area contributed by atoms with E-state index in [1.807, 2.05) is 24.3 Å². The molecule has 1 aromatic rings. The summed E-state index contributed by atoms with van der Waals surface area (Å²) in [4.78, 5) is 22.1. The predicted molar refractivity (Wildman–Crippen MR) is 141 cm³/mol. The number of aryl methyl sites for hydroxylation is 1. The SMILES string of the molecule is CCCCCCCCCCCCCCCCCCOOC(=O)c1ccc(CCCCC)cc1. The summed E-state index contributed by atoms with van der Waals surface area (Å²) in [5.74, 6) is -0.397. The van der Waals surface area contributed by atoms with Gasteiger partial charge in [0.05, 0.1) is 12.2 Å². The van der Waals surface area contributed by atoms with Gasteiger partial charge >= 0.3 is 5.97 Å². The highest BCUT2D eigenvalue weighted by atomic mass is 17.2. The Balaban J connectivity index is 1.85. The first-order chi connectivity index (χ1) is 16.3. The Morgan fingerprint density at radius 3 is 1.48 bits per heavy atom. The van der Waals surface area contributed by atoms with E-state index in [-0.39, 0.29) is 0 Å². The van der Waals surface area contributed by atoms with E-state index in [1.54, 1.807) is 0 Å². The van der Waals surface area contributed by atoms with Crippen LogP contribution in [0.2, 0.25) is 0 Å². The lowest BCUT2D eigenvalue weighted by Gasteiger charge is -2.06. The van der Waals surface area contributed by atoms with E-state index in [0.717, 1.165) is 19.3 Å². The number of carbonyl (C=O) groups is 1. The summed E-state index contributed by atoms with van der Waals surface area (Å²) in [6, 6.07) is 7.70. The maximum Gasteiger partial charge on any atom is 0.373 e. The van der Waals surface area contributed by atoms with Crippen LogP contribution in [0.3, 0.4) is 0 Å². The van der Waals surface area contributed by atoms with Crippen LogP contribution in [0.1, 0.15) is 152 Å². The first-order valence-electron chi connectivity index (χ1n) is 14.2. The van der Waals surface area contributed by atoms with E-state index in [4.69, 9.17) is 9.78 Å². The van der Waals surface area contributed by atoms with Gasteiger partial charge in [0.2, 0.25) is 0 Å². The molecule has 0 saturated heterocycles. The quantitative estimate of drug-likeness (QED) is 0.0926. The van der Waals surface area contributed by atoms with E-state index in [2.05, 4.69) is 13.8 Å². The zero-order valence-electron chi connectivity index (χ0n) is 21.9. The van der Waals surface area contributed by atoms with Crippen molar-refractivity contribution >= 4 is 5.97 Å². The van der Waals surface area contributed by atoms with Gasteiger partial charge in [-0.25, -0.2) is 4.79 Å². The van der Waals surface area contributed by atoms with Gasteiger partial charge in [-0.15, -0.1) is 0 Å². The summed E-state index contributed by atoms with van der Waals surface area (Å²) in [5.41, 5.74) is 1.83. The van der Waals surface area contributed by atoms with Gasteiger partial charge in [-0.05, 0) is 37.0 Å². The molecule has 0 fully saturated rings. The van der Waals surface area contributed by atoms with Crippen molar-refractivity contribution in [3.63, 3.8) is 0 Å². The Morgan fingerprint density at radius 1 is 0.576 bits per heavy atom. The maximum atomic E-state index is 12.0. The third kappa shape index (κ3) is 17.7. The Hall–Kier alpha value is -1.35. The first kappa shape index (κ1) is 29.7. The van der Waals surface area contributed by atoms with Crippen molar-refractivity contribution in [1.29, 1.82) is 0 Å². The molecule has 3 nitrogen and oxygen atoms in total. The summed E-state index contributed by atoms with van der Waals surface area (Å²) in [6.45, 7) is 4.97. The molecule has 0 aliphatic rings. The molecule has 0 aliphatic carbocycles. The van der Waals surface area contributed by atoms with E-state index < -0.39 is 5.97 Å². The Bertz CT molecular complexity index is 552. The smallest absolute Gasteiger partial charge is 0.293 e. The van der Waals surface area contributed by atoms with Gasteiger partial charge in [0.1, 0.15) is 0 Å². The lowest BCUT2D eigenvalue weighted by atomic mass is 10.0. The van der Waals surface area contributed by atoms with Crippen LogP contribution in [0.4, 0.5) is 0 Å². The molecule has 0 aliphatic heterocycles.